The Morgan fingerprint density at radius 3 is 2.47 bits per heavy atom. The van der Waals surface area contributed by atoms with Crippen LogP contribution in [-0.4, -0.2) is 30.3 Å². The van der Waals surface area contributed by atoms with Gasteiger partial charge in [0.2, 0.25) is 0 Å². The molecule has 0 aromatic heterocycles. The second-order valence-electron chi connectivity index (χ2n) is 3.54. The number of rotatable bonds is 4. The minimum atomic E-state index is -0.644. The van der Waals surface area contributed by atoms with E-state index < -0.39 is 12.1 Å². The van der Waals surface area contributed by atoms with Crippen LogP contribution in [0.3, 0.4) is 0 Å². The topological polar surface area (TPSA) is 87.7 Å². The Balaban J connectivity index is 2.07. The standard InChI is InChI=1S/C11H12N2O4/c14-5-6-17-8-3-1-7(2-4-8)9-10(15)13-11(16)12-9/h1-4,9,14H,5-6H2,(H2,12,13,15,16). The van der Waals surface area contributed by atoms with E-state index in [4.69, 9.17) is 9.84 Å². The summed E-state index contributed by atoms with van der Waals surface area (Å²) in [5.74, 6) is 0.242. The molecular weight excluding hydrogens is 224 g/mol. The van der Waals surface area contributed by atoms with Crippen LogP contribution in [-0.2, 0) is 4.79 Å². The highest BCUT2D eigenvalue weighted by Gasteiger charge is 2.30. The Kier molecular flexibility index (Phi) is 3.24. The molecule has 17 heavy (non-hydrogen) atoms. The van der Waals surface area contributed by atoms with E-state index in [1.807, 2.05) is 0 Å². The zero-order valence-electron chi connectivity index (χ0n) is 8.97. The SMILES string of the molecule is O=C1NC(=O)C(c2ccc(OCCO)cc2)N1. The Bertz CT molecular complexity index is 430. The van der Waals surface area contributed by atoms with Gasteiger partial charge in [0.15, 0.2) is 0 Å². The number of imide groups is 1. The van der Waals surface area contributed by atoms with Crippen LogP contribution in [0, 0.1) is 0 Å². The molecule has 1 saturated heterocycles. The van der Waals surface area contributed by atoms with E-state index in [-0.39, 0.29) is 19.1 Å². The Morgan fingerprint density at radius 2 is 1.94 bits per heavy atom. The van der Waals surface area contributed by atoms with Crippen LogP contribution in [0.2, 0.25) is 0 Å². The highest BCUT2D eigenvalue weighted by atomic mass is 16.5. The fourth-order valence-electron chi connectivity index (χ4n) is 1.57. The van der Waals surface area contributed by atoms with Crippen molar-refractivity contribution in [1.29, 1.82) is 0 Å². The molecule has 0 radical (unpaired) electrons. The fourth-order valence-corrected chi connectivity index (χ4v) is 1.57. The molecule has 1 aliphatic heterocycles. The lowest BCUT2D eigenvalue weighted by Gasteiger charge is -2.09. The third-order valence-corrected chi connectivity index (χ3v) is 2.35. The lowest BCUT2D eigenvalue weighted by Crippen LogP contribution is -2.22. The van der Waals surface area contributed by atoms with Gasteiger partial charge in [-0.3, -0.25) is 10.1 Å². The van der Waals surface area contributed by atoms with Crippen molar-refractivity contribution < 1.29 is 19.4 Å². The average molecular weight is 236 g/mol. The largest absolute Gasteiger partial charge is 0.491 e. The quantitative estimate of drug-likeness (QED) is 0.639. The van der Waals surface area contributed by atoms with Crippen molar-refractivity contribution in [3.8, 4) is 5.75 Å². The van der Waals surface area contributed by atoms with Gasteiger partial charge in [-0.05, 0) is 17.7 Å². The number of urea groups is 1. The number of carbonyl (C=O) groups is 2. The van der Waals surface area contributed by atoms with Gasteiger partial charge in [0.1, 0.15) is 18.4 Å². The summed E-state index contributed by atoms with van der Waals surface area (Å²) in [7, 11) is 0. The summed E-state index contributed by atoms with van der Waals surface area (Å²) < 4.78 is 5.18. The van der Waals surface area contributed by atoms with Gasteiger partial charge >= 0.3 is 6.03 Å². The third kappa shape index (κ3) is 2.54. The van der Waals surface area contributed by atoms with Crippen LogP contribution in [0.4, 0.5) is 4.79 Å². The second-order valence-corrected chi connectivity index (χ2v) is 3.54. The third-order valence-electron chi connectivity index (χ3n) is 2.35. The fraction of sp³-hybridized carbons (Fsp3) is 0.273. The number of carbonyl (C=O) groups excluding carboxylic acids is 2. The normalized spacial score (nSPS) is 18.8. The van der Waals surface area contributed by atoms with Gasteiger partial charge in [0.25, 0.3) is 5.91 Å². The van der Waals surface area contributed by atoms with Crippen molar-refractivity contribution in [1.82, 2.24) is 10.6 Å². The predicted molar refractivity (Wildman–Crippen MR) is 58.4 cm³/mol. The van der Waals surface area contributed by atoms with Gasteiger partial charge in [-0.2, -0.15) is 0 Å². The molecule has 3 amide bonds. The van der Waals surface area contributed by atoms with Crippen LogP contribution < -0.4 is 15.4 Å². The first kappa shape index (κ1) is 11.4. The highest BCUT2D eigenvalue weighted by Crippen LogP contribution is 2.20. The summed E-state index contributed by atoms with van der Waals surface area (Å²) in [5, 5.41) is 13.3. The monoisotopic (exact) mass is 236 g/mol. The first-order valence-corrected chi connectivity index (χ1v) is 5.15. The minimum Gasteiger partial charge on any atom is -0.491 e. The van der Waals surface area contributed by atoms with Crippen LogP contribution >= 0.6 is 0 Å². The van der Waals surface area contributed by atoms with E-state index in [0.29, 0.717) is 11.3 Å². The van der Waals surface area contributed by atoms with E-state index in [1.165, 1.54) is 0 Å². The molecule has 0 saturated carbocycles. The zero-order valence-corrected chi connectivity index (χ0v) is 8.97. The molecule has 3 N–H and O–H groups in total. The molecule has 1 fully saturated rings. The molecule has 6 heteroatoms. The maximum atomic E-state index is 11.4. The van der Waals surface area contributed by atoms with Crippen molar-refractivity contribution in [2.75, 3.05) is 13.2 Å². The maximum absolute atomic E-state index is 11.4. The minimum absolute atomic E-state index is 0.0527. The van der Waals surface area contributed by atoms with E-state index in [1.54, 1.807) is 24.3 Å². The van der Waals surface area contributed by atoms with Gasteiger partial charge in [0, 0.05) is 0 Å². The number of aliphatic hydroxyl groups is 1. The van der Waals surface area contributed by atoms with Crippen molar-refractivity contribution in [2.45, 2.75) is 6.04 Å². The van der Waals surface area contributed by atoms with Crippen LogP contribution in [0.15, 0.2) is 24.3 Å². The maximum Gasteiger partial charge on any atom is 0.322 e. The van der Waals surface area contributed by atoms with Crippen LogP contribution in [0.25, 0.3) is 0 Å². The number of amides is 3. The molecule has 0 spiro atoms. The van der Waals surface area contributed by atoms with Crippen molar-refractivity contribution in [3.63, 3.8) is 0 Å². The molecule has 1 atom stereocenters. The molecule has 1 unspecified atom stereocenters. The number of hydrogen-bond acceptors (Lipinski definition) is 4. The molecule has 0 aliphatic carbocycles. The molecule has 90 valence electrons. The summed E-state index contributed by atoms with van der Waals surface area (Å²) in [6.07, 6.45) is 0. The molecule has 1 heterocycles. The lowest BCUT2D eigenvalue weighted by molar-refractivity contribution is -0.120. The van der Waals surface area contributed by atoms with E-state index >= 15 is 0 Å². The Hall–Kier alpha value is -2.08. The van der Waals surface area contributed by atoms with Crippen molar-refractivity contribution in [2.24, 2.45) is 0 Å². The summed E-state index contributed by atoms with van der Waals surface area (Å²) in [5.41, 5.74) is 0.685. The Morgan fingerprint density at radius 1 is 1.24 bits per heavy atom. The van der Waals surface area contributed by atoms with Crippen LogP contribution in [0.5, 0.6) is 5.75 Å². The molecule has 1 aromatic rings. The molecular formula is C11H12N2O4. The van der Waals surface area contributed by atoms with Crippen LogP contribution in [0.1, 0.15) is 11.6 Å². The van der Waals surface area contributed by atoms with Gasteiger partial charge in [-0.1, -0.05) is 12.1 Å². The number of benzene rings is 1. The highest BCUT2D eigenvalue weighted by molar-refractivity contribution is 6.04. The van der Waals surface area contributed by atoms with Crippen molar-refractivity contribution in [3.05, 3.63) is 29.8 Å². The summed E-state index contributed by atoms with van der Waals surface area (Å²) in [6.45, 7) is 0.169. The molecule has 1 aliphatic rings. The summed E-state index contributed by atoms with van der Waals surface area (Å²) in [6, 6.07) is 5.63. The average Bonchev–Trinajstić information content (AvgIpc) is 2.66. The van der Waals surface area contributed by atoms with Gasteiger partial charge in [0.05, 0.1) is 6.61 Å². The lowest BCUT2D eigenvalue weighted by atomic mass is 10.1. The smallest absolute Gasteiger partial charge is 0.322 e. The summed E-state index contributed by atoms with van der Waals surface area (Å²) in [4.78, 5) is 22.3. The first-order valence-electron chi connectivity index (χ1n) is 5.15. The zero-order chi connectivity index (χ0) is 12.3. The molecule has 6 nitrogen and oxygen atoms in total. The number of nitrogens with one attached hydrogen (secondary N) is 2. The molecule has 2 rings (SSSR count). The predicted octanol–water partition coefficient (Wildman–Crippen LogP) is -0.0618. The van der Waals surface area contributed by atoms with E-state index in [9.17, 15) is 9.59 Å². The molecule has 1 aromatic carbocycles. The number of aliphatic hydroxyl groups excluding tert-OH is 1. The van der Waals surface area contributed by atoms with Gasteiger partial charge < -0.3 is 15.2 Å². The second kappa shape index (κ2) is 4.84. The van der Waals surface area contributed by atoms with E-state index in [2.05, 4.69) is 10.6 Å². The first-order chi connectivity index (χ1) is 8.20. The van der Waals surface area contributed by atoms with Gasteiger partial charge in [-0.15, -0.1) is 0 Å². The molecule has 0 bridgehead atoms. The Labute approximate surface area is 97.6 Å². The van der Waals surface area contributed by atoms with Gasteiger partial charge in [-0.25, -0.2) is 4.79 Å². The van der Waals surface area contributed by atoms with Crippen molar-refractivity contribution >= 4 is 11.9 Å². The number of hydrogen-bond donors (Lipinski definition) is 3. The number of ether oxygens (including phenoxy) is 1. The summed E-state index contributed by atoms with van der Waals surface area (Å²) >= 11 is 0. The van der Waals surface area contributed by atoms with E-state index in [0.717, 1.165) is 0 Å².